The number of amides is 1. The van der Waals surface area contributed by atoms with Gasteiger partial charge in [0.15, 0.2) is 0 Å². The number of ether oxygens (including phenoxy) is 1. The third kappa shape index (κ3) is 2.36. The second-order valence-electron chi connectivity index (χ2n) is 6.32. The highest BCUT2D eigenvalue weighted by molar-refractivity contribution is 7.17. The van der Waals surface area contributed by atoms with Gasteiger partial charge in [-0.05, 0) is 41.1 Å². The molecule has 1 saturated heterocycles. The lowest BCUT2D eigenvalue weighted by atomic mass is 9.96. The van der Waals surface area contributed by atoms with Gasteiger partial charge in [0.25, 0.3) is 0 Å². The third-order valence-corrected chi connectivity index (χ3v) is 5.88. The van der Waals surface area contributed by atoms with E-state index in [1.165, 1.54) is 21.5 Å². The molecule has 126 valence electrons. The topological polar surface area (TPSA) is 45.7 Å². The largest absolute Gasteiger partial charge is 0.447 e. The molecular weight excluding hydrogens is 334 g/mol. The SMILES string of the molecule is O=C1OCCN1c1cccc2c1CCN(c1ccnc3ccsc13)C2. The summed E-state index contributed by atoms with van der Waals surface area (Å²) in [6.07, 6.45) is 2.58. The molecule has 3 aromatic rings. The first-order chi connectivity index (χ1) is 12.3. The minimum absolute atomic E-state index is 0.231. The molecule has 0 saturated carbocycles. The summed E-state index contributed by atoms with van der Waals surface area (Å²) in [5, 5.41) is 2.09. The van der Waals surface area contributed by atoms with Crippen LogP contribution in [0.5, 0.6) is 0 Å². The Balaban J connectivity index is 1.51. The van der Waals surface area contributed by atoms with E-state index < -0.39 is 0 Å². The maximum Gasteiger partial charge on any atom is 0.414 e. The van der Waals surface area contributed by atoms with E-state index in [1.807, 2.05) is 18.3 Å². The van der Waals surface area contributed by atoms with Gasteiger partial charge in [-0.25, -0.2) is 4.79 Å². The third-order valence-electron chi connectivity index (χ3n) is 4.96. The van der Waals surface area contributed by atoms with Crippen LogP contribution in [0.4, 0.5) is 16.2 Å². The summed E-state index contributed by atoms with van der Waals surface area (Å²) in [4.78, 5) is 20.6. The zero-order chi connectivity index (χ0) is 16.8. The Kier molecular flexibility index (Phi) is 3.38. The smallest absolute Gasteiger partial charge is 0.414 e. The Labute approximate surface area is 149 Å². The number of carbonyl (C=O) groups is 1. The van der Waals surface area contributed by atoms with Gasteiger partial charge in [-0.3, -0.25) is 9.88 Å². The molecular formula is C19H17N3O2S. The molecule has 0 bridgehead atoms. The highest BCUT2D eigenvalue weighted by Crippen LogP contribution is 2.36. The van der Waals surface area contributed by atoms with Crippen LogP contribution < -0.4 is 9.80 Å². The van der Waals surface area contributed by atoms with E-state index in [0.29, 0.717) is 13.2 Å². The number of rotatable bonds is 2. The number of thiophene rings is 1. The number of aromatic nitrogens is 1. The molecule has 1 fully saturated rings. The van der Waals surface area contributed by atoms with Crippen molar-refractivity contribution in [3.8, 4) is 0 Å². The summed E-state index contributed by atoms with van der Waals surface area (Å²) in [7, 11) is 0. The summed E-state index contributed by atoms with van der Waals surface area (Å²) < 4.78 is 6.35. The molecule has 0 spiro atoms. The zero-order valence-corrected chi connectivity index (χ0v) is 14.5. The molecule has 1 amide bonds. The normalized spacial score (nSPS) is 17.0. The standard InChI is InChI=1S/C19H17N3O2S/c23-19-22(9-10-24-19)16-3-1-2-13-12-21(8-5-14(13)16)17-4-7-20-15-6-11-25-18(15)17/h1-4,6-7,11H,5,8-10,12H2. The van der Waals surface area contributed by atoms with Gasteiger partial charge in [-0.15, -0.1) is 11.3 Å². The van der Waals surface area contributed by atoms with E-state index >= 15 is 0 Å². The van der Waals surface area contributed by atoms with Crippen LogP contribution in [0.2, 0.25) is 0 Å². The Hall–Kier alpha value is -2.60. The molecule has 0 unspecified atom stereocenters. The molecule has 0 atom stereocenters. The molecule has 25 heavy (non-hydrogen) atoms. The zero-order valence-electron chi connectivity index (χ0n) is 13.6. The Bertz CT molecular complexity index is 968. The van der Waals surface area contributed by atoms with Crippen LogP contribution in [0.15, 0.2) is 41.9 Å². The number of pyridine rings is 1. The van der Waals surface area contributed by atoms with Gasteiger partial charge in [0.05, 0.1) is 28.1 Å². The maximum atomic E-state index is 12.0. The summed E-state index contributed by atoms with van der Waals surface area (Å²) in [5.74, 6) is 0. The number of fused-ring (bicyclic) bond motifs is 2. The first-order valence-electron chi connectivity index (χ1n) is 8.43. The summed E-state index contributed by atoms with van der Waals surface area (Å²) >= 11 is 1.74. The Morgan fingerprint density at radius 3 is 2.96 bits per heavy atom. The summed E-state index contributed by atoms with van der Waals surface area (Å²) in [6.45, 7) is 2.90. The molecule has 4 heterocycles. The van der Waals surface area contributed by atoms with Crippen LogP contribution in [0.1, 0.15) is 11.1 Å². The van der Waals surface area contributed by atoms with Crippen molar-refractivity contribution in [1.82, 2.24) is 4.98 Å². The van der Waals surface area contributed by atoms with Gasteiger partial charge in [0.1, 0.15) is 6.61 Å². The van der Waals surface area contributed by atoms with Gasteiger partial charge in [0.2, 0.25) is 0 Å². The van der Waals surface area contributed by atoms with Crippen LogP contribution in [0.25, 0.3) is 10.2 Å². The Morgan fingerprint density at radius 2 is 2.08 bits per heavy atom. The monoisotopic (exact) mass is 351 g/mol. The van der Waals surface area contributed by atoms with Crippen LogP contribution in [-0.4, -0.2) is 30.8 Å². The van der Waals surface area contributed by atoms with Crippen molar-refractivity contribution >= 4 is 39.0 Å². The Morgan fingerprint density at radius 1 is 1.12 bits per heavy atom. The molecule has 2 aliphatic rings. The van der Waals surface area contributed by atoms with Gasteiger partial charge in [-0.1, -0.05) is 12.1 Å². The average Bonchev–Trinajstić information content (AvgIpc) is 3.29. The number of hydrogen-bond donors (Lipinski definition) is 0. The van der Waals surface area contributed by atoms with Crippen molar-refractivity contribution in [2.75, 3.05) is 29.5 Å². The van der Waals surface area contributed by atoms with E-state index in [-0.39, 0.29) is 6.09 Å². The summed E-state index contributed by atoms with van der Waals surface area (Å²) in [5.41, 5.74) is 5.87. The van der Waals surface area contributed by atoms with Crippen LogP contribution in [0, 0.1) is 0 Å². The first-order valence-corrected chi connectivity index (χ1v) is 9.31. The lowest BCUT2D eigenvalue weighted by molar-refractivity contribution is 0.181. The molecule has 2 aromatic heterocycles. The van der Waals surface area contributed by atoms with E-state index in [9.17, 15) is 4.79 Å². The first kappa shape index (κ1) is 14.7. The van der Waals surface area contributed by atoms with Crippen molar-refractivity contribution in [3.05, 3.63) is 53.0 Å². The second-order valence-corrected chi connectivity index (χ2v) is 7.23. The molecule has 5 rings (SSSR count). The highest BCUT2D eigenvalue weighted by atomic mass is 32.1. The van der Waals surface area contributed by atoms with Crippen LogP contribution >= 0.6 is 11.3 Å². The molecule has 0 N–H and O–H groups in total. The fourth-order valence-electron chi connectivity index (χ4n) is 3.77. The molecule has 2 aliphatic heterocycles. The van der Waals surface area contributed by atoms with Crippen molar-refractivity contribution in [2.24, 2.45) is 0 Å². The minimum atomic E-state index is -0.231. The molecule has 0 aliphatic carbocycles. The van der Waals surface area contributed by atoms with Crippen LogP contribution in [-0.2, 0) is 17.7 Å². The predicted octanol–water partition coefficient (Wildman–Crippen LogP) is 3.82. The number of anilines is 2. The lowest BCUT2D eigenvalue weighted by Crippen LogP contribution is -2.33. The molecule has 0 radical (unpaired) electrons. The second kappa shape index (κ2) is 5.74. The van der Waals surface area contributed by atoms with Gasteiger partial charge < -0.3 is 9.64 Å². The van der Waals surface area contributed by atoms with Gasteiger partial charge in [-0.2, -0.15) is 0 Å². The molecule has 6 heteroatoms. The molecule has 5 nitrogen and oxygen atoms in total. The van der Waals surface area contributed by atoms with Crippen molar-refractivity contribution < 1.29 is 9.53 Å². The highest BCUT2D eigenvalue weighted by Gasteiger charge is 2.28. The van der Waals surface area contributed by atoms with Crippen LogP contribution in [0.3, 0.4) is 0 Å². The number of carbonyl (C=O) groups excluding carboxylic acids is 1. The number of benzene rings is 1. The number of nitrogens with zero attached hydrogens (tertiary/aromatic N) is 3. The molecule has 1 aromatic carbocycles. The van der Waals surface area contributed by atoms with Gasteiger partial charge in [0, 0.05) is 19.3 Å². The fraction of sp³-hybridized carbons (Fsp3) is 0.263. The number of hydrogen-bond acceptors (Lipinski definition) is 5. The summed E-state index contributed by atoms with van der Waals surface area (Å²) in [6, 6.07) is 10.4. The minimum Gasteiger partial charge on any atom is -0.447 e. The van der Waals surface area contributed by atoms with Crippen molar-refractivity contribution in [2.45, 2.75) is 13.0 Å². The van der Waals surface area contributed by atoms with Gasteiger partial charge >= 0.3 is 6.09 Å². The average molecular weight is 351 g/mol. The van der Waals surface area contributed by atoms with E-state index in [4.69, 9.17) is 4.74 Å². The maximum absolute atomic E-state index is 12.0. The quantitative estimate of drug-likeness (QED) is 0.704. The fourth-order valence-corrected chi connectivity index (χ4v) is 4.66. The van der Waals surface area contributed by atoms with E-state index in [0.717, 1.165) is 30.7 Å². The van der Waals surface area contributed by atoms with Crippen molar-refractivity contribution in [3.63, 3.8) is 0 Å². The lowest BCUT2D eigenvalue weighted by Gasteiger charge is -2.33. The van der Waals surface area contributed by atoms with E-state index in [2.05, 4.69) is 33.5 Å². The predicted molar refractivity (Wildman–Crippen MR) is 99.5 cm³/mol. The van der Waals surface area contributed by atoms with E-state index in [1.54, 1.807) is 16.2 Å². The van der Waals surface area contributed by atoms with Crippen molar-refractivity contribution in [1.29, 1.82) is 0 Å². The number of cyclic esters (lactones) is 1.